The number of para-hydroxylation sites is 1. The second kappa shape index (κ2) is 6.83. The third-order valence-electron chi connectivity index (χ3n) is 3.44. The van der Waals surface area contributed by atoms with Crippen molar-refractivity contribution in [3.8, 4) is 0 Å². The molecule has 0 spiro atoms. The average Bonchev–Trinajstić information content (AvgIpc) is 2.46. The average molecular weight is 303 g/mol. The van der Waals surface area contributed by atoms with Gasteiger partial charge in [0, 0.05) is 30.1 Å². The zero-order chi connectivity index (χ0) is 15.4. The van der Waals surface area contributed by atoms with E-state index >= 15 is 0 Å². The summed E-state index contributed by atoms with van der Waals surface area (Å²) in [4.78, 5) is 7.25. The summed E-state index contributed by atoms with van der Waals surface area (Å²) < 4.78 is 0. The van der Waals surface area contributed by atoms with Gasteiger partial charge in [0.1, 0.15) is 10.8 Å². The van der Waals surface area contributed by atoms with Crippen molar-refractivity contribution in [3.05, 3.63) is 35.9 Å². The molecule has 1 heterocycles. The highest BCUT2D eigenvalue weighted by Gasteiger charge is 2.15. The molecule has 3 N–H and O–H groups in total. The van der Waals surface area contributed by atoms with Crippen molar-refractivity contribution in [1.82, 2.24) is 4.98 Å². The molecular weight excluding hydrogens is 282 g/mol. The fourth-order valence-electron chi connectivity index (χ4n) is 2.39. The lowest BCUT2D eigenvalue weighted by molar-refractivity contribution is 0.288. The monoisotopic (exact) mass is 303 g/mol. The molecule has 0 fully saturated rings. The Kier molecular flexibility index (Phi) is 5.09. The molecule has 0 aliphatic rings. The molecule has 0 unspecified atom stereocenters. The maximum absolute atomic E-state index is 9.07. The molecule has 2 rings (SSSR count). The van der Waals surface area contributed by atoms with Crippen LogP contribution in [0.4, 0.5) is 5.82 Å². The Hall–Kier alpha value is -1.72. The van der Waals surface area contributed by atoms with Crippen LogP contribution in [0, 0.1) is 0 Å². The number of benzene rings is 1. The molecule has 0 atom stereocenters. The first-order valence-corrected chi connectivity index (χ1v) is 7.52. The Balaban J connectivity index is 2.55. The number of hydrogen-bond donors (Lipinski definition) is 2. The van der Waals surface area contributed by atoms with E-state index in [9.17, 15) is 0 Å². The summed E-state index contributed by atoms with van der Waals surface area (Å²) in [6, 6.07) is 10.1. The van der Waals surface area contributed by atoms with E-state index in [0.29, 0.717) is 11.4 Å². The third kappa shape index (κ3) is 3.49. The molecule has 5 heteroatoms. The van der Waals surface area contributed by atoms with Crippen LogP contribution in [0.2, 0.25) is 0 Å². The van der Waals surface area contributed by atoms with E-state index < -0.39 is 0 Å². The van der Waals surface area contributed by atoms with Gasteiger partial charge in [-0.25, -0.2) is 4.98 Å². The summed E-state index contributed by atoms with van der Waals surface area (Å²) >= 11 is 5.18. The SMILES string of the molecule is CC(C)N(CCCO)c1cc(C(N)=S)c2ccccc2n1. The lowest BCUT2D eigenvalue weighted by Gasteiger charge is -2.28. The van der Waals surface area contributed by atoms with Gasteiger partial charge in [-0.05, 0) is 32.4 Å². The van der Waals surface area contributed by atoms with E-state index in [1.54, 1.807) is 0 Å². The van der Waals surface area contributed by atoms with E-state index in [1.807, 2.05) is 30.3 Å². The number of nitrogens with two attached hydrogens (primary N) is 1. The van der Waals surface area contributed by atoms with Gasteiger partial charge >= 0.3 is 0 Å². The maximum Gasteiger partial charge on any atom is 0.130 e. The quantitative estimate of drug-likeness (QED) is 0.803. The predicted octanol–water partition coefficient (Wildman–Crippen LogP) is 2.47. The number of anilines is 1. The summed E-state index contributed by atoms with van der Waals surface area (Å²) in [5.41, 5.74) is 7.60. The van der Waals surface area contributed by atoms with Gasteiger partial charge in [0.05, 0.1) is 5.52 Å². The Labute approximate surface area is 130 Å². The second-order valence-electron chi connectivity index (χ2n) is 5.27. The molecule has 0 amide bonds. The topological polar surface area (TPSA) is 62.4 Å². The summed E-state index contributed by atoms with van der Waals surface area (Å²) in [5, 5.41) is 10.0. The van der Waals surface area contributed by atoms with Crippen LogP contribution in [-0.4, -0.2) is 34.3 Å². The highest BCUT2D eigenvalue weighted by atomic mass is 32.1. The van der Waals surface area contributed by atoms with Crippen LogP contribution < -0.4 is 10.6 Å². The predicted molar refractivity (Wildman–Crippen MR) is 91.8 cm³/mol. The molecule has 0 aliphatic heterocycles. The lowest BCUT2D eigenvalue weighted by Crippen LogP contribution is -2.33. The second-order valence-corrected chi connectivity index (χ2v) is 5.71. The van der Waals surface area contributed by atoms with Gasteiger partial charge in [-0.3, -0.25) is 0 Å². The van der Waals surface area contributed by atoms with Crippen LogP contribution >= 0.6 is 12.2 Å². The molecule has 0 saturated carbocycles. The first kappa shape index (κ1) is 15.7. The number of aliphatic hydroxyl groups excluding tert-OH is 1. The van der Waals surface area contributed by atoms with Crippen LogP contribution in [0.15, 0.2) is 30.3 Å². The molecule has 0 radical (unpaired) electrons. The summed E-state index contributed by atoms with van der Waals surface area (Å²) in [7, 11) is 0. The van der Waals surface area contributed by atoms with Gasteiger partial charge in [0.2, 0.25) is 0 Å². The van der Waals surface area contributed by atoms with Crippen molar-refractivity contribution in [2.75, 3.05) is 18.1 Å². The number of thiocarbonyl (C=S) groups is 1. The molecule has 1 aromatic heterocycles. The molecule has 2 aromatic rings. The largest absolute Gasteiger partial charge is 0.396 e. The Morgan fingerprint density at radius 1 is 1.38 bits per heavy atom. The number of pyridine rings is 1. The minimum absolute atomic E-state index is 0.166. The fourth-order valence-corrected chi connectivity index (χ4v) is 2.56. The smallest absolute Gasteiger partial charge is 0.130 e. The van der Waals surface area contributed by atoms with Crippen molar-refractivity contribution in [1.29, 1.82) is 0 Å². The van der Waals surface area contributed by atoms with Crippen molar-refractivity contribution in [2.24, 2.45) is 5.73 Å². The van der Waals surface area contributed by atoms with Crippen LogP contribution in [-0.2, 0) is 0 Å². The molecule has 0 aliphatic carbocycles. The first-order chi connectivity index (χ1) is 10.0. The Bertz CT molecular complexity index is 642. The van der Waals surface area contributed by atoms with Crippen LogP contribution in [0.3, 0.4) is 0 Å². The number of hydrogen-bond acceptors (Lipinski definition) is 4. The normalized spacial score (nSPS) is 11.0. The van der Waals surface area contributed by atoms with Gasteiger partial charge in [0.15, 0.2) is 0 Å². The van der Waals surface area contributed by atoms with Crippen molar-refractivity contribution in [3.63, 3.8) is 0 Å². The Morgan fingerprint density at radius 3 is 2.71 bits per heavy atom. The lowest BCUT2D eigenvalue weighted by atomic mass is 10.1. The highest BCUT2D eigenvalue weighted by Crippen LogP contribution is 2.24. The number of aromatic nitrogens is 1. The maximum atomic E-state index is 9.07. The standard InChI is InChI=1S/C16H21N3OS/c1-11(2)19(8-5-9-20)15-10-13(16(17)21)12-6-3-4-7-14(12)18-15/h3-4,6-7,10-11,20H,5,8-9H2,1-2H3,(H2,17,21). The molecule has 0 bridgehead atoms. The summed E-state index contributed by atoms with van der Waals surface area (Å²) in [6.07, 6.45) is 0.703. The first-order valence-electron chi connectivity index (χ1n) is 7.11. The number of nitrogens with zero attached hydrogens (tertiary/aromatic N) is 2. The van der Waals surface area contributed by atoms with E-state index in [4.69, 9.17) is 28.0 Å². The van der Waals surface area contributed by atoms with Gasteiger partial charge in [-0.1, -0.05) is 30.4 Å². The van der Waals surface area contributed by atoms with Gasteiger partial charge in [0.25, 0.3) is 0 Å². The minimum Gasteiger partial charge on any atom is -0.396 e. The zero-order valence-electron chi connectivity index (χ0n) is 12.4. The van der Waals surface area contributed by atoms with E-state index in [0.717, 1.165) is 28.8 Å². The molecule has 0 saturated heterocycles. The number of rotatable bonds is 6. The van der Waals surface area contributed by atoms with Gasteiger partial charge in [-0.15, -0.1) is 0 Å². The van der Waals surface area contributed by atoms with E-state index in [2.05, 4.69) is 18.7 Å². The van der Waals surface area contributed by atoms with Crippen LogP contribution in [0.1, 0.15) is 25.8 Å². The van der Waals surface area contributed by atoms with Crippen molar-refractivity contribution >= 4 is 33.9 Å². The van der Waals surface area contributed by atoms with E-state index in [1.165, 1.54) is 0 Å². The molecule has 1 aromatic carbocycles. The fraction of sp³-hybridized carbons (Fsp3) is 0.375. The van der Waals surface area contributed by atoms with Crippen LogP contribution in [0.5, 0.6) is 0 Å². The molecule has 21 heavy (non-hydrogen) atoms. The number of aliphatic hydroxyl groups is 1. The summed E-state index contributed by atoms with van der Waals surface area (Å²) in [5.74, 6) is 0.847. The van der Waals surface area contributed by atoms with E-state index in [-0.39, 0.29) is 12.6 Å². The molecular formula is C16H21N3OS. The highest BCUT2D eigenvalue weighted by molar-refractivity contribution is 7.80. The zero-order valence-corrected chi connectivity index (χ0v) is 13.2. The van der Waals surface area contributed by atoms with Gasteiger partial charge < -0.3 is 15.7 Å². The number of fused-ring (bicyclic) bond motifs is 1. The van der Waals surface area contributed by atoms with Crippen molar-refractivity contribution in [2.45, 2.75) is 26.3 Å². The van der Waals surface area contributed by atoms with Gasteiger partial charge in [-0.2, -0.15) is 0 Å². The molecule has 4 nitrogen and oxygen atoms in total. The van der Waals surface area contributed by atoms with Crippen LogP contribution in [0.25, 0.3) is 10.9 Å². The summed E-state index contributed by atoms with van der Waals surface area (Å²) in [6.45, 7) is 5.12. The van der Waals surface area contributed by atoms with Crippen molar-refractivity contribution < 1.29 is 5.11 Å². The molecule has 112 valence electrons. The minimum atomic E-state index is 0.166. The third-order valence-corrected chi connectivity index (χ3v) is 3.66. The Morgan fingerprint density at radius 2 is 2.10 bits per heavy atom.